The summed E-state index contributed by atoms with van der Waals surface area (Å²) in [6.45, 7) is -2.45. The molecule has 1 saturated heterocycles. The van der Waals surface area contributed by atoms with E-state index in [-0.39, 0.29) is 0 Å². The van der Waals surface area contributed by atoms with Gasteiger partial charge < -0.3 is 55.4 Å². The van der Waals surface area contributed by atoms with Crippen molar-refractivity contribution in [2.24, 2.45) is 0 Å². The largest absolute Gasteiger partial charge is 0.394 e. The zero-order valence-corrected chi connectivity index (χ0v) is 12.2. The Morgan fingerprint density at radius 2 is 1.39 bits per heavy atom. The highest BCUT2D eigenvalue weighted by Crippen LogP contribution is 2.24. The minimum absolute atomic E-state index is 0.708. The first-order chi connectivity index (χ1) is 10.8. The number of hydrogen-bond acceptors (Lipinski definition) is 11. The maximum absolute atomic E-state index is 9.83. The predicted molar refractivity (Wildman–Crippen MR) is 70.8 cm³/mol. The van der Waals surface area contributed by atoms with Gasteiger partial charge in [0, 0.05) is 0 Å². The lowest BCUT2D eigenvalue weighted by molar-refractivity contribution is -0.327. The van der Waals surface area contributed by atoms with E-state index in [0.29, 0.717) is 0 Å². The summed E-state index contributed by atoms with van der Waals surface area (Å²) in [4.78, 5) is 0. The summed E-state index contributed by atoms with van der Waals surface area (Å²) in [6.07, 6.45) is -15.1. The van der Waals surface area contributed by atoms with Crippen molar-refractivity contribution in [1.29, 1.82) is 0 Å². The minimum Gasteiger partial charge on any atom is -0.394 e. The Hall–Kier alpha value is -0.440. The Morgan fingerprint density at radius 1 is 0.826 bits per heavy atom. The van der Waals surface area contributed by atoms with Crippen LogP contribution in [0.25, 0.3) is 0 Å². The van der Waals surface area contributed by atoms with Crippen molar-refractivity contribution >= 4 is 0 Å². The second kappa shape index (κ2) is 9.15. The first-order valence-electron chi connectivity index (χ1n) is 7.00. The summed E-state index contributed by atoms with van der Waals surface area (Å²) in [6, 6.07) is 0. The Kier molecular flexibility index (Phi) is 8.20. The van der Waals surface area contributed by atoms with Crippen LogP contribution in [0, 0.1) is 0 Å². The third kappa shape index (κ3) is 4.78. The zero-order valence-electron chi connectivity index (χ0n) is 12.2. The van der Waals surface area contributed by atoms with Crippen molar-refractivity contribution < 1.29 is 55.4 Å². The monoisotopic (exact) mass is 344 g/mol. The van der Waals surface area contributed by atoms with Crippen LogP contribution in [0.5, 0.6) is 0 Å². The van der Waals surface area contributed by atoms with Crippen LogP contribution in [0.2, 0.25) is 0 Å². The molecule has 0 aromatic carbocycles. The first kappa shape index (κ1) is 20.6. The summed E-state index contributed by atoms with van der Waals surface area (Å²) in [5.41, 5.74) is 0. The predicted octanol–water partition coefficient (Wildman–Crippen LogP) is -5.76. The van der Waals surface area contributed by atoms with Gasteiger partial charge in [0.15, 0.2) is 6.29 Å². The number of aliphatic hydroxyl groups is 9. The molecule has 0 aromatic rings. The highest BCUT2D eigenvalue weighted by atomic mass is 16.7. The quantitative estimate of drug-likeness (QED) is 0.203. The highest BCUT2D eigenvalue weighted by Gasteiger charge is 2.46. The van der Waals surface area contributed by atoms with Gasteiger partial charge in [0.1, 0.15) is 48.8 Å². The van der Waals surface area contributed by atoms with E-state index < -0.39 is 74.9 Å². The lowest BCUT2D eigenvalue weighted by Crippen LogP contribution is -2.61. The molecule has 0 spiro atoms. The van der Waals surface area contributed by atoms with Crippen molar-refractivity contribution in [3.8, 4) is 0 Å². The molecule has 9 atom stereocenters. The van der Waals surface area contributed by atoms with Crippen molar-refractivity contribution in [2.45, 2.75) is 55.1 Å². The molecule has 9 N–H and O–H groups in total. The van der Waals surface area contributed by atoms with E-state index in [0.717, 1.165) is 0 Å². The van der Waals surface area contributed by atoms with Gasteiger partial charge in [-0.2, -0.15) is 0 Å². The molecule has 11 heteroatoms. The van der Waals surface area contributed by atoms with Crippen LogP contribution in [0.4, 0.5) is 0 Å². The Balaban J connectivity index is 2.89. The van der Waals surface area contributed by atoms with Gasteiger partial charge in [0.05, 0.1) is 19.8 Å². The number of aliphatic hydroxyl groups excluding tert-OH is 9. The van der Waals surface area contributed by atoms with Crippen molar-refractivity contribution in [3.63, 3.8) is 0 Å². The SMILES string of the molecule is OC[C@@H](O)[C@H](O[C@@H]1O[C@H](CO)[C@H](O)[C@H](O)[C@H]1O)[C@H](O)[C@@H](O)CO. The molecule has 1 aliphatic rings. The fourth-order valence-electron chi connectivity index (χ4n) is 2.16. The van der Waals surface area contributed by atoms with Crippen molar-refractivity contribution in [3.05, 3.63) is 0 Å². The molecule has 1 aliphatic heterocycles. The van der Waals surface area contributed by atoms with Gasteiger partial charge >= 0.3 is 0 Å². The number of ether oxygens (including phenoxy) is 2. The molecule has 1 heterocycles. The molecule has 0 saturated carbocycles. The van der Waals surface area contributed by atoms with E-state index in [1.165, 1.54) is 0 Å². The van der Waals surface area contributed by atoms with Crippen LogP contribution in [-0.2, 0) is 9.47 Å². The lowest BCUT2D eigenvalue weighted by atomic mass is 9.98. The molecule has 0 aromatic heterocycles. The van der Waals surface area contributed by atoms with E-state index in [1.54, 1.807) is 0 Å². The lowest BCUT2D eigenvalue weighted by Gasteiger charge is -2.42. The Morgan fingerprint density at radius 3 is 1.87 bits per heavy atom. The van der Waals surface area contributed by atoms with Crippen LogP contribution < -0.4 is 0 Å². The second-order valence-electron chi connectivity index (χ2n) is 5.29. The molecule has 0 unspecified atom stereocenters. The van der Waals surface area contributed by atoms with E-state index in [1.807, 2.05) is 0 Å². The van der Waals surface area contributed by atoms with E-state index in [9.17, 15) is 30.6 Å². The van der Waals surface area contributed by atoms with Crippen LogP contribution in [-0.4, -0.2) is 121 Å². The zero-order chi connectivity index (χ0) is 17.7. The first-order valence-corrected chi connectivity index (χ1v) is 7.00. The third-order valence-corrected chi connectivity index (χ3v) is 3.62. The van der Waals surface area contributed by atoms with E-state index >= 15 is 0 Å². The molecule has 0 radical (unpaired) electrons. The van der Waals surface area contributed by atoms with Crippen LogP contribution >= 0.6 is 0 Å². The molecule has 0 aliphatic carbocycles. The fourth-order valence-corrected chi connectivity index (χ4v) is 2.16. The van der Waals surface area contributed by atoms with Gasteiger partial charge in [-0.15, -0.1) is 0 Å². The molecule has 1 fully saturated rings. The average Bonchev–Trinajstić information content (AvgIpc) is 2.57. The molecule has 0 bridgehead atoms. The topological polar surface area (TPSA) is 201 Å². The Labute approximate surface area is 131 Å². The smallest absolute Gasteiger partial charge is 0.187 e. The maximum Gasteiger partial charge on any atom is 0.187 e. The van der Waals surface area contributed by atoms with Crippen LogP contribution in [0.15, 0.2) is 0 Å². The maximum atomic E-state index is 9.83. The number of rotatable bonds is 8. The van der Waals surface area contributed by atoms with Gasteiger partial charge in [0.2, 0.25) is 0 Å². The summed E-state index contributed by atoms with van der Waals surface area (Å²) in [7, 11) is 0. The van der Waals surface area contributed by atoms with E-state index in [2.05, 4.69) is 0 Å². The second-order valence-corrected chi connectivity index (χ2v) is 5.29. The van der Waals surface area contributed by atoms with E-state index in [4.69, 9.17) is 24.8 Å². The van der Waals surface area contributed by atoms with Crippen LogP contribution in [0.1, 0.15) is 0 Å². The van der Waals surface area contributed by atoms with Gasteiger partial charge in [0.25, 0.3) is 0 Å². The molecule has 11 nitrogen and oxygen atoms in total. The number of hydrogen-bond donors (Lipinski definition) is 9. The van der Waals surface area contributed by atoms with Crippen LogP contribution in [0.3, 0.4) is 0 Å². The van der Waals surface area contributed by atoms with Gasteiger partial charge in [-0.3, -0.25) is 0 Å². The Bertz CT molecular complexity index is 341. The van der Waals surface area contributed by atoms with Crippen molar-refractivity contribution in [1.82, 2.24) is 0 Å². The van der Waals surface area contributed by atoms with Crippen molar-refractivity contribution in [2.75, 3.05) is 19.8 Å². The highest BCUT2D eigenvalue weighted by molar-refractivity contribution is 4.91. The van der Waals surface area contributed by atoms with Gasteiger partial charge in [-0.1, -0.05) is 0 Å². The normalized spacial score (nSPS) is 37.2. The molecule has 1 rings (SSSR count). The summed E-state index contributed by atoms with van der Waals surface area (Å²) >= 11 is 0. The summed E-state index contributed by atoms with van der Waals surface area (Å²) < 4.78 is 10.1. The standard InChI is InChI=1S/C12H24O11/c13-1-4(16)7(18)11(5(17)2-14)23-12-10(21)9(20)8(19)6(3-15)22-12/h4-21H,1-3H2/t4-,5+,6+,7+,8-,9-,10+,11-,12-/m0/s1. The molecule has 138 valence electrons. The average molecular weight is 344 g/mol. The summed E-state index contributed by atoms with van der Waals surface area (Å²) in [5, 5.41) is 84.9. The molecule has 23 heavy (non-hydrogen) atoms. The van der Waals surface area contributed by atoms with Gasteiger partial charge in [-0.05, 0) is 0 Å². The molecular formula is C12H24O11. The summed E-state index contributed by atoms with van der Waals surface area (Å²) in [5.74, 6) is 0. The minimum atomic E-state index is -1.85. The fraction of sp³-hybridized carbons (Fsp3) is 1.00. The molecular weight excluding hydrogens is 320 g/mol. The third-order valence-electron chi connectivity index (χ3n) is 3.62. The van der Waals surface area contributed by atoms with Gasteiger partial charge in [-0.25, -0.2) is 0 Å². The molecule has 0 amide bonds.